The van der Waals surface area contributed by atoms with E-state index in [1.54, 1.807) is 6.20 Å². The van der Waals surface area contributed by atoms with Gasteiger partial charge < -0.3 is 4.42 Å². The van der Waals surface area contributed by atoms with Crippen LogP contribution in [-0.2, 0) is 0 Å². The van der Waals surface area contributed by atoms with E-state index in [2.05, 4.69) is 64.6 Å². The number of furan rings is 1. The molecule has 0 aliphatic carbocycles. The Bertz CT molecular complexity index is 2530. The molecule has 0 spiro atoms. The first-order valence-electron chi connectivity index (χ1n) is 15.9. The number of hydrogen-bond donors (Lipinski definition) is 0. The van der Waals surface area contributed by atoms with Crippen LogP contribution in [-0.4, -0.2) is 29.9 Å². The van der Waals surface area contributed by atoms with Crippen molar-refractivity contribution in [3.8, 4) is 67.8 Å². The lowest BCUT2D eigenvalue weighted by Gasteiger charge is -2.09. The van der Waals surface area contributed by atoms with Crippen LogP contribution in [0.3, 0.4) is 0 Å². The van der Waals surface area contributed by atoms with Crippen molar-refractivity contribution >= 4 is 22.2 Å². The molecule has 0 aliphatic heterocycles. The normalized spacial score (nSPS) is 11.3. The fraction of sp³-hybridized carbons (Fsp3) is 0. The van der Waals surface area contributed by atoms with E-state index >= 15 is 0 Å². The number of benzene rings is 5. The molecule has 9 aromatic rings. The Balaban J connectivity index is 1.07. The maximum Gasteiger partial charge on any atom is 0.229 e. The Hall–Kier alpha value is -6.86. The molecule has 0 fully saturated rings. The lowest BCUT2D eigenvalue weighted by molar-refractivity contribution is 0.651. The van der Waals surface area contributed by atoms with Gasteiger partial charge in [0, 0.05) is 34.0 Å². The summed E-state index contributed by atoms with van der Waals surface area (Å²) in [5.41, 5.74) is 9.78. The summed E-state index contributed by atoms with van der Waals surface area (Å²) in [7, 11) is 0. The molecule has 49 heavy (non-hydrogen) atoms. The zero-order valence-corrected chi connectivity index (χ0v) is 26.1. The summed E-state index contributed by atoms with van der Waals surface area (Å²) in [5, 5.41) is 0.838. The molecular formula is C42H26N6O. The van der Waals surface area contributed by atoms with E-state index in [0.29, 0.717) is 34.6 Å². The van der Waals surface area contributed by atoms with Gasteiger partial charge in [0.1, 0.15) is 5.52 Å². The zero-order valence-electron chi connectivity index (χ0n) is 26.1. The highest BCUT2D eigenvalue weighted by molar-refractivity contribution is 6.02. The SMILES string of the molecule is c1ccc(-c2cccc(-c3cnc4oc5cnc(-c6ccc(-c7nc(-c8ccccc8)nc(-c8ccccc8)n7)cc6)nc5c4c3)c2)cc1. The quantitative estimate of drug-likeness (QED) is 0.181. The highest BCUT2D eigenvalue weighted by Crippen LogP contribution is 2.33. The highest BCUT2D eigenvalue weighted by Gasteiger charge is 2.16. The summed E-state index contributed by atoms with van der Waals surface area (Å²) >= 11 is 0. The molecule has 0 bridgehead atoms. The van der Waals surface area contributed by atoms with Crippen molar-refractivity contribution in [2.24, 2.45) is 0 Å². The smallest absolute Gasteiger partial charge is 0.229 e. The monoisotopic (exact) mass is 630 g/mol. The molecular weight excluding hydrogens is 605 g/mol. The second-order valence-electron chi connectivity index (χ2n) is 11.6. The lowest BCUT2D eigenvalue weighted by Crippen LogP contribution is -2.00. The van der Waals surface area contributed by atoms with E-state index in [1.807, 2.05) is 97.2 Å². The summed E-state index contributed by atoms with van der Waals surface area (Å²) in [6.07, 6.45) is 3.56. The minimum absolute atomic E-state index is 0.526. The van der Waals surface area contributed by atoms with Crippen molar-refractivity contribution < 1.29 is 4.42 Å². The largest absolute Gasteiger partial charge is 0.434 e. The Kier molecular flexibility index (Phi) is 6.98. The molecule has 0 amide bonds. The fourth-order valence-corrected chi connectivity index (χ4v) is 5.96. The van der Waals surface area contributed by atoms with Gasteiger partial charge in [-0.05, 0) is 28.8 Å². The number of rotatable bonds is 6. The van der Waals surface area contributed by atoms with Crippen molar-refractivity contribution in [2.45, 2.75) is 0 Å². The summed E-state index contributed by atoms with van der Waals surface area (Å²) < 4.78 is 6.04. The van der Waals surface area contributed by atoms with Crippen LogP contribution in [0, 0.1) is 0 Å². The van der Waals surface area contributed by atoms with Gasteiger partial charge in [-0.1, -0.05) is 133 Å². The number of nitrogens with zero attached hydrogens (tertiary/aromatic N) is 6. The maximum absolute atomic E-state index is 6.04. The molecule has 4 heterocycles. The third-order valence-corrected chi connectivity index (χ3v) is 8.47. The number of aromatic nitrogens is 6. The molecule has 7 heteroatoms. The standard InChI is InChI=1S/C42H26N6O/c1-4-11-27(12-5-1)32-17-10-18-33(23-32)34-24-35-37-36(49-42(35)44-25-34)26-43-38(45-37)30-19-21-31(22-20-30)41-47-39(28-13-6-2-7-14-28)46-40(48-41)29-15-8-3-9-16-29/h1-26H. The average Bonchev–Trinajstić information content (AvgIpc) is 3.56. The summed E-state index contributed by atoms with van der Waals surface area (Å²) in [6.45, 7) is 0. The van der Waals surface area contributed by atoms with Crippen LogP contribution in [0.25, 0.3) is 90.0 Å². The Morgan fingerprint density at radius 3 is 1.43 bits per heavy atom. The molecule has 0 atom stereocenters. The number of hydrogen-bond acceptors (Lipinski definition) is 7. The van der Waals surface area contributed by atoms with Crippen molar-refractivity contribution in [1.82, 2.24) is 29.9 Å². The third kappa shape index (κ3) is 5.49. The van der Waals surface area contributed by atoms with Gasteiger partial charge in [-0.2, -0.15) is 0 Å². The van der Waals surface area contributed by atoms with E-state index in [0.717, 1.165) is 49.8 Å². The molecule has 0 saturated carbocycles. The fourth-order valence-electron chi connectivity index (χ4n) is 5.96. The van der Waals surface area contributed by atoms with Crippen molar-refractivity contribution in [1.29, 1.82) is 0 Å². The number of pyridine rings is 1. The van der Waals surface area contributed by atoms with Crippen LogP contribution >= 0.6 is 0 Å². The van der Waals surface area contributed by atoms with Crippen LogP contribution < -0.4 is 0 Å². The lowest BCUT2D eigenvalue weighted by atomic mass is 9.99. The first-order valence-corrected chi connectivity index (χ1v) is 15.9. The summed E-state index contributed by atoms with van der Waals surface area (Å²) in [4.78, 5) is 28.7. The van der Waals surface area contributed by atoms with E-state index in [-0.39, 0.29) is 0 Å². The maximum atomic E-state index is 6.04. The number of fused-ring (bicyclic) bond motifs is 3. The van der Waals surface area contributed by atoms with Gasteiger partial charge in [-0.3, -0.25) is 0 Å². The molecule has 7 nitrogen and oxygen atoms in total. The Labute approximate surface area is 281 Å². The Morgan fingerprint density at radius 2 is 0.837 bits per heavy atom. The van der Waals surface area contributed by atoms with E-state index in [9.17, 15) is 0 Å². The first kappa shape index (κ1) is 28.4. The van der Waals surface area contributed by atoms with Gasteiger partial charge in [0.15, 0.2) is 28.9 Å². The third-order valence-electron chi connectivity index (χ3n) is 8.47. The van der Waals surface area contributed by atoms with Gasteiger partial charge in [-0.25, -0.2) is 29.9 Å². The van der Waals surface area contributed by atoms with Crippen LogP contribution in [0.4, 0.5) is 0 Å². The van der Waals surface area contributed by atoms with Crippen LogP contribution in [0.2, 0.25) is 0 Å². The minimum atomic E-state index is 0.526. The second kappa shape index (κ2) is 12.1. The van der Waals surface area contributed by atoms with Gasteiger partial charge in [-0.15, -0.1) is 0 Å². The first-order chi connectivity index (χ1) is 24.2. The molecule has 5 aromatic carbocycles. The van der Waals surface area contributed by atoms with Crippen LogP contribution in [0.5, 0.6) is 0 Å². The predicted octanol–water partition coefficient (Wildman–Crippen LogP) is 9.96. The highest BCUT2D eigenvalue weighted by atomic mass is 16.3. The molecule has 230 valence electrons. The molecule has 0 aliphatic rings. The molecule has 0 unspecified atom stereocenters. The van der Waals surface area contributed by atoms with Crippen molar-refractivity contribution in [3.63, 3.8) is 0 Å². The predicted molar refractivity (Wildman–Crippen MR) is 193 cm³/mol. The molecule has 0 N–H and O–H groups in total. The minimum Gasteiger partial charge on any atom is -0.434 e. The molecule has 0 radical (unpaired) electrons. The van der Waals surface area contributed by atoms with Crippen molar-refractivity contribution in [3.05, 3.63) is 158 Å². The van der Waals surface area contributed by atoms with Crippen molar-refractivity contribution in [2.75, 3.05) is 0 Å². The van der Waals surface area contributed by atoms with Crippen LogP contribution in [0.15, 0.2) is 162 Å². The summed E-state index contributed by atoms with van der Waals surface area (Å²) in [6, 6.07) is 48.8. The van der Waals surface area contributed by atoms with E-state index in [4.69, 9.17) is 24.4 Å². The topological polar surface area (TPSA) is 90.5 Å². The molecule has 4 aromatic heterocycles. The van der Waals surface area contributed by atoms with Gasteiger partial charge in [0.05, 0.1) is 11.6 Å². The molecule has 0 saturated heterocycles. The molecule has 9 rings (SSSR count). The van der Waals surface area contributed by atoms with E-state index < -0.39 is 0 Å². The van der Waals surface area contributed by atoms with Gasteiger partial charge >= 0.3 is 0 Å². The Morgan fingerprint density at radius 1 is 0.347 bits per heavy atom. The van der Waals surface area contributed by atoms with Crippen LogP contribution in [0.1, 0.15) is 0 Å². The second-order valence-corrected chi connectivity index (χ2v) is 11.6. The zero-order chi connectivity index (χ0) is 32.6. The van der Waals surface area contributed by atoms with E-state index in [1.165, 1.54) is 5.56 Å². The summed E-state index contributed by atoms with van der Waals surface area (Å²) in [5.74, 6) is 2.41. The van der Waals surface area contributed by atoms with Gasteiger partial charge in [0.25, 0.3) is 0 Å². The average molecular weight is 631 g/mol. The van der Waals surface area contributed by atoms with Gasteiger partial charge in [0.2, 0.25) is 5.71 Å².